The Morgan fingerprint density at radius 1 is 1.25 bits per heavy atom. The molecule has 2 unspecified atom stereocenters. The summed E-state index contributed by atoms with van der Waals surface area (Å²) in [6.07, 6.45) is 0.475. The van der Waals surface area contributed by atoms with Crippen LogP contribution in [0, 0.1) is 11.1 Å². The Kier molecular flexibility index (Phi) is 3.38. The van der Waals surface area contributed by atoms with Crippen molar-refractivity contribution in [1.82, 2.24) is 5.06 Å². The Balaban J connectivity index is 2.14. The van der Waals surface area contributed by atoms with Crippen molar-refractivity contribution in [1.29, 1.82) is 0 Å². The fraction of sp³-hybridized carbons (Fsp3) is 0.769. The normalized spacial score (nSPS) is 31.8. The maximum absolute atomic E-state index is 12.3. The van der Waals surface area contributed by atoms with E-state index in [2.05, 4.69) is 0 Å². The molecule has 2 aliphatic heterocycles. The van der Waals surface area contributed by atoms with Crippen LogP contribution < -0.4 is 5.06 Å². The Hall–Kier alpha value is -1.47. The zero-order valence-corrected chi connectivity index (χ0v) is 12.2. The van der Waals surface area contributed by atoms with E-state index in [1.165, 1.54) is 0 Å². The van der Waals surface area contributed by atoms with Crippen molar-refractivity contribution in [2.75, 3.05) is 0 Å². The Labute approximate surface area is 117 Å². The summed E-state index contributed by atoms with van der Waals surface area (Å²) in [5.74, 6) is -2.35. The van der Waals surface area contributed by atoms with Crippen LogP contribution in [0.15, 0.2) is 0 Å². The molecule has 0 bridgehead atoms. The first kappa shape index (κ1) is 14.9. The molecular weight excluding hydrogens is 264 g/mol. The van der Waals surface area contributed by atoms with Crippen molar-refractivity contribution in [3.05, 3.63) is 5.21 Å². The van der Waals surface area contributed by atoms with E-state index in [0.29, 0.717) is 11.5 Å². The predicted molar refractivity (Wildman–Crippen MR) is 67.8 cm³/mol. The average molecular weight is 284 g/mol. The minimum absolute atomic E-state index is 0.00831. The molecule has 0 radical (unpaired) electrons. The second kappa shape index (κ2) is 4.53. The second-order valence-electron chi connectivity index (χ2n) is 6.68. The highest BCUT2D eigenvalue weighted by molar-refractivity contribution is 6.01. The first-order chi connectivity index (χ1) is 9.07. The number of nitrogens with one attached hydrogen (secondary N) is 1. The molecule has 20 heavy (non-hydrogen) atoms. The maximum Gasteiger partial charge on any atom is 0.342 e. The molecule has 0 aromatic heterocycles. The molecule has 0 aromatic carbocycles. The maximum atomic E-state index is 12.3. The van der Waals surface area contributed by atoms with Gasteiger partial charge in [0.05, 0.1) is 5.54 Å². The summed E-state index contributed by atoms with van der Waals surface area (Å²) in [6.45, 7) is 6.97. The lowest BCUT2D eigenvalue weighted by molar-refractivity contribution is -0.933. The molecule has 0 aromatic rings. The third kappa shape index (κ3) is 2.20. The highest BCUT2D eigenvalue weighted by Crippen LogP contribution is 2.32. The number of hydroxylamine groups is 4. The lowest BCUT2D eigenvalue weighted by atomic mass is 9.87. The summed E-state index contributed by atoms with van der Waals surface area (Å²) in [6, 6.07) is 0. The van der Waals surface area contributed by atoms with Crippen LogP contribution in [0.5, 0.6) is 0 Å². The highest BCUT2D eigenvalue weighted by atomic mass is 16.7. The zero-order valence-electron chi connectivity index (χ0n) is 12.2. The topological polar surface area (TPSA) is 91.2 Å². The first-order valence-corrected chi connectivity index (χ1v) is 6.70. The van der Waals surface area contributed by atoms with Gasteiger partial charge >= 0.3 is 5.97 Å². The van der Waals surface area contributed by atoms with Crippen molar-refractivity contribution < 1.29 is 24.3 Å². The van der Waals surface area contributed by atoms with Crippen LogP contribution in [0.4, 0.5) is 0 Å². The van der Waals surface area contributed by atoms with Crippen LogP contribution in [0.1, 0.15) is 47.0 Å². The molecule has 1 N–H and O–H groups in total. The zero-order chi connectivity index (χ0) is 15.3. The molecule has 0 aliphatic carbocycles. The van der Waals surface area contributed by atoms with Gasteiger partial charge in [0.15, 0.2) is 0 Å². The van der Waals surface area contributed by atoms with E-state index < -0.39 is 34.8 Å². The fourth-order valence-electron chi connectivity index (χ4n) is 3.08. The minimum Gasteiger partial charge on any atom is -0.634 e. The smallest absolute Gasteiger partial charge is 0.342 e. The molecule has 7 nitrogen and oxygen atoms in total. The van der Waals surface area contributed by atoms with Crippen LogP contribution in [0.3, 0.4) is 0 Å². The number of imide groups is 1. The quantitative estimate of drug-likeness (QED) is 0.548. The summed E-state index contributed by atoms with van der Waals surface area (Å²) in [5, 5.41) is 12.8. The van der Waals surface area contributed by atoms with Crippen molar-refractivity contribution in [2.45, 2.75) is 58.0 Å². The molecule has 2 heterocycles. The van der Waals surface area contributed by atoms with E-state index in [0.717, 1.165) is 0 Å². The van der Waals surface area contributed by atoms with Crippen LogP contribution >= 0.6 is 0 Å². The van der Waals surface area contributed by atoms with Gasteiger partial charge in [-0.25, -0.2) is 4.79 Å². The molecule has 2 saturated heterocycles. The van der Waals surface area contributed by atoms with Crippen LogP contribution in [0.25, 0.3) is 0 Å². The van der Waals surface area contributed by atoms with Crippen LogP contribution in [-0.2, 0) is 19.2 Å². The van der Waals surface area contributed by atoms with E-state index in [-0.39, 0.29) is 17.9 Å². The van der Waals surface area contributed by atoms with Gasteiger partial charge in [0.2, 0.25) is 0 Å². The van der Waals surface area contributed by atoms with Gasteiger partial charge in [-0.2, -0.15) is 0 Å². The van der Waals surface area contributed by atoms with Gasteiger partial charge in [-0.1, -0.05) is 0 Å². The summed E-state index contributed by atoms with van der Waals surface area (Å²) < 4.78 is 0. The Morgan fingerprint density at radius 3 is 2.15 bits per heavy atom. The molecule has 112 valence electrons. The van der Waals surface area contributed by atoms with Gasteiger partial charge in [-0.15, -0.1) is 5.06 Å². The number of hydrogen-bond acceptors (Lipinski definition) is 5. The SMILES string of the molecule is CC1(C)CC(C(=O)ON2C(=O)CCC2=O)C(C)(C)[NH+]1[O-]. The van der Waals surface area contributed by atoms with E-state index in [4.69, 9.17) is 4.84 Å². The van der Waals surface area contributed by atoms with E-state index in [1.807, 2.05) is 0 Å². The summed E-state index contributed by atoms with van der Waals surface area (Å²) >= 11 is 0. The molecule has 2 atom stereocenters. The third-order valence-electron chi connectivity index (χ3n) is 4.26. The van der Waals surface area contributed by atoms with Crippen molar-refractivity contribution in [2.24, 2.45) is 5.92 Å². The number of carbonyl (C=O) groups excluding carboxylic acids is 3. The van der Waals surface area contributed by atoms with E-state index >= 15 is 0 Å². The molecule has 0 spiro atoms. The molecule has 2 amide bonds. The third-order valence-corrected chi connectivity index (χ3v) is 4.26. The number of amides is 2. The summed E-state index contributed by atoms with van der Waals surface area (Å²) in [5.41, 5.74) is -1.46. The first-order valence-electron chi connectivity index (χ1n) is 6.70. The van der Waals surface area contributed by atoms with Crippen LogP contribution in [-0.4, -0.2) is 33.9 Å². The largest absolute Gasteiger partial charge is 0.634 e. The van der Waals surface area contributed by atoms with E-state index in [9.17, 15) is 19.6 Å². The monoisotopic (exact) mass is 284 g/mol. The molecule has 2 fully saturated rings. The van der Waals surface area contributed by atoms with Gasteiger partial charge in [0.25, 0.3) is 11.8 Å². The van der Waals surface area contributed by atoms with Gasteiger partial charge in [0, 0.05) is 19.3 Å². The fourth-order valence-corrected chi connectivity index (χ4v) is 3.08. The molecular formula is C13H20N2O5. The number of rotatable bonds is 2. The van der Waals surface area contributed by atoms with Crippen molar-refractivity contribution in [3.63, 3.8) is 0 Å². The summed E-state index contributed by atoms with van der Waals surface area (Å²) in [7, 11) is 0. The average Bonchev–Trinajstić information content (AvgIpc) is 2.73. The second-order valence-corrected chi connectivity index (χ2v) is 6.68. The molecule has 7 heteroatoms. The summed E-state index contributed by atoms with van der Waals surface area (Å²) in [4.78, 5) is 40.1. The number of hydrogen-bond donors (Lipinski definition) is 1. The van der Waals surface area contributed by atoms with Gasteiger partial charge in [-0.3, -0.25) is 9.59 Å². The molecule has 2 aliphatic rings. The number of nitrogens with zero attached hydrogens (tertiary/aromatic N) is 1. The minimum atomic E-state index is -0.855. The molecule has 2 rings (SSSR count). The van der Waals surface area contributed by atoms with Gasteiger partial charge < -0.3 is 15.1 Å². The lowest BCUT2D eigenvalue weighted by Gasteiger charge is -2.41. The van der Waals surface area contributed by atoms with Crippen molar-refractivity contribution in [3.8, 4) is 0 Å². The van der Waals surface area contributed by atoms with Crippen molar-refractivity contribution >= 4 is 17.8 Å². The highest BCUT2D eigenvalue weighted by Gasteiger charge is 2.56. The Morgan fingerprint density at radius 2 is 1.75 bits per heavy atom. The Bertz CT molecular complexity index is 455. The van der Waals surface area contributed by atoms with Gasteiger partial charge in [0.1, 0.15) is 11.5 Å². The van der Waals surface area contributed by atoms with E-state index in [1.54, 1.807) is 27.7 Å². The predicted octanol–water partition coefficient (Wildman–Crippen LogP) is -0.447. The van der Waals surface area contributed by atoms with Gasteiger partial charge in [-0.05, 0) is 27.7 Å². The number of quaternary nitrogens is 1. The van der Waals surface area contributed by atoms with Crippen LogP contribution in [0.2, 0.25) is 0 Å². The lowest BCUT2D eigenvalue weighted by Crippen LogP contribution is -3.19. The standard InChI is InChI=1S/C13H20N2O5/c1-12(2)7-8(13(3,4)15(12)19)11(18)20-14-9(16)5-6-10(14)17/h8,15H,5-7H2,1-4H3. The molecule has 0 saturated carbocycles. The number of carbonyl (C=O) groups is 3.